The lowest BCUT2D eigenvalue weighted by Gasteiger charge is -2.04. The van der Waals surface area contributed by atoms with Gasteiger partial charge < -0.3 is 9.73 Å². The van der Waals surface area contributed by atoms with Gasteiger partial charge in [-0.15, -0.1) is 0 Å². The average Bonchev–Trinajstić information content (AvgIpc) is 3.05. The number of nitrogens with one attached hydrogen (secondary N) is 1. The molecule has 1 aromatic heterocycles. The molecule has 0 aliphatic carbocycles. The van der Waals surface area contributed by atoms with E-state index in [0.717, 1.165) is 22.8 Å². The molecule has 0 radical (unpaired) electrons. The second kappa shape index (κ2) is 7.37. The van der Waals surface area contributed by atoms with E-state index in [1.807, 2.05) is 24.3 Å². The van der Waals surface area contributed by atoms with E-state index in [-0.39, 0.29) is 5.91 Å². The van der Waals surface area contributed by atoms with Crippen LogP contribution in [0.15, 0.2) is 65.1 Å². The van der Waals surface area contributed by atoms with Gasteiger partial charge in [-0.25, -0.2) is 0 Å². The summed E-state index contributed by atoms with van der Waals surface area (Å²) in [4.78, 5) is 12.0. The van der Waals surface area contributed by atoms with Crippen LogP contribution in [0.1, 0.15) is 17.7 Å². The molecule has 2 aromatic carbocycles. The van der Waals surface area contributed by atoms with Crippen LogP contribution in [0, 0.1) is 6.92 Å². The lowest BCUT2D eigenvalue weighted by Crippen LogP contribution is -2.11. The summed E-state index contributed by atoms with van der Waals surface area (Å²) in [5, 5.41) is 3.49. The van der Waals surface area contributed by atoms with Crippen molar-refractivity contribution in [1.82, 2.24) is 0 Å². The minimum atomic E-state index is -0.0504. The van der Waals surface area contributed by atoms with Crippen molar-refractivity contribution < 1.29 is 9.21 Å². The molecule has 0 saturated heterocycles. The fourth-order valence-corrected chi connectivity index (χ4v) is 2.50. The number of hydrogen-bond acceptors (Lipinski definition) is 2. The van der Waals surface area contributed by atoms with Crippen molar-refractivity contribution in [3.63, 3.8) is 0 Å². The van der Waals surface area contributed by atoms with Gasteiger partial charge in [-0.2, -0.15) is 0 Å². The summed E-state index contributed by atoms with van der Waals surface area (Å²) < 4.78 is 5.83. The third-order valence-electron chi connectivity index (χ3n) is 3.72. The van der Waals surface area contributed by atoms with Crippen molar-refractivity contribution in [3.05, 3.63) is 77.0 Å². The molecular formula is C20H18ClNO2. The zero-order valence-corrected chi connectivity index (χ0v) is 14.1. The summed E-state index contributed by atoms with van der Waals surface area (Å²) >= 11 is 5.83. The second-order valence-corrected chi connectivity index (χ2v) is 6.12. The highest BCUT2D eigenvalue weighted by Crippen LogP contribution is 2.23. The molecule has 0 bridgehead atoms. The maximum atomic E-state index is 12.0. The first-order valence-electron chi connectivity index (χ1n) is 7.81. The highest BCUT2D eigenvalue weighted by Gasteiger charge is 2.08. The first-order valence-corrected chi connectivity index (χ1v) is 8.19. The number of carbonyl (C=O) groups excluding carboxylic acids is 1. The van der Waals surface area contributed by atoms with Crippen molar-refractivity contribution in [2.75, 3.05) is 5.32 Å². The van der Waals surface area contributed by atoms with Gasteiger partial charge in [0.1, 0.15) is 11.5 Å². The van der Waals surface area contributed by atoms with Crippen LogP contribution in [-0.2, 0) is 11.2 Å². The van der Waals surface area contributed by atoms with Crippen LogP contribution >= 0.6 is 11.6 Å². The Labute approximate surface area is 146 Å². The lowest BCUT2D eigenvalue weighted by molar-refractivity contribution is -0.116. The number of benzene rings is 2. The molecule has 0 fully saturated rings. The molecule has 3 nitrogen and oxygen atoms in total. The van der Waals surface area contributed by atoms with E-state index in [1.54, 1.807) is 24.3 Å². The Balaban J connectivity index is 1.56. The van der Waals surface area contributed by atoms with E-state index >= 15 is 0 Å². The summed E-state index contributed by atoms with van der Waals surface area (Å²) in [6, 6.07) is 19.1. The molecule has 0 aliphatic heterocycles. The van der Waals surface area contributed by atoms with Crippen molar-refractivity contribution in [2.24, 2.45) is 0 Å². The van der Waals surface area contributed by atoms with Crippen LogP contribution in [0.3, 0.4) is 0 Å². The predicted octanol–water partition coefficient (Wildman–Crippen LogP) is 5.48. The highest BCUT2D eigenvalue weighted by molar-refractivity contribution is 6.30. The minimum absolute atomic E-state index is 0.0504. The molecule has 1 heterocycles. The Kier molecular flexibility index (Phi) is 5.02. The van der Waals surface area contributed by atoms with E-state index in [2.05, 4.69) is 24.4 Å². The van der Waals surface area contributed by atoms with E-state index in [9.17, 15) is 4.79 Å². The molecular weight excluding hydrogens is 322 g/mol. The summed E-state index contributed by atoms with van der Waals surface area (Å²) in [5.41, 5.74) is 2.99. The number of hydrogen-bond donors (Lipinski definition) is 1. The molecule has 4 heteroatoms. The Morgan fingerprint density at radius 2 is 1.71 bits per heavy atom. The number of furan rings is 1. The molecule has 0 saturated carbocycles. The van der Waals surface area contributed by atoms with Gasteiger partial charge in [-0.05, 0) is 43.3 Å². The minimum Gasteiger partial charge on any atom is -0.461 e. The van der Waals surface area contributed by atoms with Crippen LogP contribution in [0.25, 0.3) is 11.3 Å². The highest BCUT2D eigenvalue weighted by atomic mass is 35.5. The second-order valence-electron chi connectivity index (χ2n) is 5.69. The normalized spacial score (nSPS) is 10.6. The third kappa shape index (κ3) is 4.27. The molecule has 3 aromatic rings. The fraction of sp³-hybridized carbons (Fsp3) is 0.150. The van der Waals surface area contributed by atoms with E-state index in [0.29, 0.717) is 17.9 Å². The molecule has 122 valence electrons. The van der Waals surface area contributed by atoms with E-state index in [4.69, 9.17) is 16.0 Å². The SMILES string of the molecule is Cc1ccc(-c2ccc(CCC(=O)Nc3ccc(Cl)cc3)o2)cc1. The van der Waals surface area contributed by atoms with Crippen LogP contribution in [-0.4, -0.2) is 5.91 Å². The van der Waals surface area contributed by atoms with Gasteiger partial charge in [0.15, 0.2) is 0 Å². The van der Waals surface area contributed by atoms with Gasteiger partial charge in [0.05, 0.1) is 0 Å². The van der Waals surface area contributed by atoms with E-state index < -0.39 is 0 Å². The Hall–Kier alpha value is -2.52. The van der Waals surface area contributed by atoms with Gasteiger partial charge in [0.2, 0.25) is 5.91 Å². The van der Waals surface area contributed by atoms with Crippen molar-refractivity contribution >= 4 is 23.2 Å². The number of amides is 1. The topological polar surface area (TPSA) is 42.2 Å². The van der Waals surface area contributed by atoms with Gasteiger partial charge in [0, 0.05) is 29.1 Å². The van der Waals surface area contributed by atoms with Crippen molar-refractivity contribution in [2.45, 2.75) is 19.8 Å². The lowest BCUT2D eigenvalue weighted by atomic mass is 10.1. The molecule has 24 heavy (non-hydrogen) atoms. The van der Waals surface area contributed by atoms with Crippen LogP contribution in [0.5, 0.6) is 0 Å². The standard InChI is InChI=1S/C20H18ClNO2/c1-14-2-4-15(5-3-14)19-12-10-18(24-19)11-13-20(23)22-17-8-6-16(21)7-9-17/h2-10,12H,11,13H2,1H3,(H,22,23). The Morgan fingerprint density at radius 1 is 1.00 bits per heavy atom. The summed E-state index contributed by atoms with van der Waals surface area (Å²) in [7, 11) is 0. The zero-order chi connectivity index (χ0) is 16.9. The third-order valence-corrected chi connectivity index (χ3v) is 3.98. The van der Waals surface area contributed by atoms with Gasteiger partial charge in [-0.1, -0.05) is 41.4 Å². The molecule has 3 rings (SSSR count). The molecule has 0 unspecified atom stereocenters. The molecule has 1 amide bonds. The van der Waals surface area contributed by atoms with Gasteiger partial charge in [0.25, 0.3) is 0 Å². The van der Waals surface area contributed by atoms with E-state index in [1.165, 1.54) is 5.56 Å². The van der Waals surface area contributed by atoms with Crippen LogP contribution in [0.2, 0.25) is 5.02 Å². The smallest absolute Gasteiger partial charge is 0.224 e. The number of anilines is 1. The summed E-state index contributed by atoms with van der Waals surface area (Å²) in [6.45, 7) is 2.05. The zero-order valence-electron chi connectivity index (χ0n) is 13.4. The number of carbonyl (C=O) groups is 1. The summed E-state index contributed by atoms with van der Waals surface area (Å²) in [5.74, 6) is 1.57. The van der Waals surface area contributed by atoms with Gasteiger partial charge in [-0.3, -0.25) is 4.79 Å². The first-order chi connectivity index (χ1) is 11.6. The quantitative estimate of drug-likeness (QED) is 0.668. The predicted molar refractivity (Wildman–Crippen MR) is 97.3 cm³/mol. The maximum absolute atomic E-state index is 12.0. The monoisotopic (exact) mass is 339 g/mol. The maximum Gasteiger partial charge on any atom is 0.224 e. The molecule has 0 spiro atoms. The van der Waals surface area contributed by atoms with Crippen LogP contribution in [0.4, 0.5) is 5.69 Å². The Morgan fingerprint density at radius 3 is 2.42 bits per heavy atom. The van der Waals surface area contributed by atoms with Crippen molar-refractivity contribution in [3.8, 4) is 11.3 Å². The Bertz CT molecular complexity index is 820. The molecule has 0 aliphatic rings. The van der Waals surface area contributed by atoms with Gasteiger partial charge >= 0.3 is 0 Å². The van der Waals surface area contributed by atoms with Crippen LogP contribution < -0.4 is 5.32 Å². The number of rotatable bonds is 5. The average molecular weight is 340 g/mol. The number of aryl methyl sites for hydroxylation is 2. The molecule has 0 atom stereocenters. The summed E-state index contributed by atoms with van der Waals surface area (Å²) in [6.07, 6.45) is 0.925. The van der Waals surface area contributed by atoms with Crippen molar-refractivity contribution in [1.29, 1.82) is 0 Å². The largest absolute Gasteiger partial charge is 0.461 e. The number of halogens is 1. The fourth-order valence-electron chi connectivity index (χ4n) is 2.38. The molecule has 1 N–H and O–H groups in total. The first kappa shape index (κ1) is 16.3.